The Morgan fingerprint density at radius 1 is 1.50 bits per heavy atom. The van der Waals surface area contributed by atoms with Gasteiger partial charge >= 0.3 is 0 Å². The fourth-order valence-electron chi connectivity index (χ4n) is 1.15. The number of halogens is 1. The van der Waals surface area contributed by atoms with Crippen molar-refractivity contribution in [3.8, 4) is 0 Å². The van der Waals surface area contributed by atoms with Gasteiger partial charge in [0.25, 0.3) is 0 Å². The van der Waals surface area contributed by atoms with E-state index in [1.54, 1.807) is 6.08 Å². The van der Waals surface area contributed by atoms with E-state index in [9.17, 15) is 4.39 Å². The lowest BCUT2D eigenvalue weighted by Crippen LogP contribution is -2.20. The van der Waals surface area contributed by atoms with Crippen LogP contribution in [0.15, 0.2) is 11.6 Å². The molecule has 0 radical (unpaired) electrons. The fraction of sp³-hybridized carbons (Fsp3) is 0.778. The van der Waals surface area contributed by atoms with E-state index >= 15 is 0 Å². The van der Waals surface area contributed by atoms with Crippen molar-refractivity contribution in [2.45, 2.75) is 32.2 Å². The second-order valence-corrected chi connectivity index (χ2v) is 2.93. The van der Waals surface area contributed by atoms with E-state index in [0.717, 1.165) is 19.3 Å². The number of rotatable bonds is 6. The second kappa shape index (κ2) is 7.25. The number of hydrogen-bond acceptors (Lipinski definition) is 2. The first-order valence-corrected chi connectivity index (χ1v) is 4.45. The maximum Gasteiger partial charge on any atom is 0.108 e. The molecule has 3 heteroatoms. The molecule has 72 valence electrons. The van der Waals surface area contributed by atoms with Crippen LogP contribution in [0.5, 0.6) is 0 Å². The van der Waals surface area contributed by atoms with Crippen LogP contribution in [0.4, 0.5) is 4.39 Å². The van der Waals surface area contributed by atoms with Crippen LogP contribution in [0.3, 0.4) is 0 Å². The minimum absolute atomic E-state index is 0.446. The van der Waals surface area contributed by atoms with Crippen molar-refractivity contribution in [2.75, 3.05) is 13.2 Å². The molecule has 1 atom stereocenters. The van der Waals surface area contributed by atoms with Crippen LogP contribution >= 0.6 is 0 Å². The van der Waals surface area contributed by atoms with E-state index in [0.29, 0.717) is 6.54 Å². The second-order valence-electron chi connectivity index (χ2n) is 2.93. The molecule has 1 unspecified atom stereocenters. The molecule has 0 amide bonds. The molecular weight excluding hydrogens is 155 g/mol. The largest absolute Gasteiger partial charge is 0.330 e. The standard InChI is InChI=1S/C9H19FN2/c1-2-3-8(4-5-11)6-9(12)7-10/h6,9H,2-5,7,11-12H2,1H3/b8-6+. The Morgan fingerprint density at radius 3 is 2.58 bits per heavy atom. The lowest BCUT2D eigenvalue weighted by atomic mass is 10.0. The third-order valence-electron chi connectivity index (χ3n) is 1.66. The maximum absolute atomic E-state index is 12.0. The molecule has 2 nitrogen and oxygen atoms in total. The van der Waals surface area contributed by atoms with Gasteiger partial charge in [0.05, 0.1) is 6.04 Å². The van der Waals surface area contributed by atoms with Gasteiger partial charge in [-0.15, -0.1) is 0 Å². The van der Waals surface area contributed by atoms with Crippen molar-refractivity contribution in [1.29, 1.82) is 0 Å². The molecule has 0 saturated heterocycles. The zero-order chi connectivity index (χ0) is 9.40. The first-order valence-electron chi connectivity index (χ1n) is 4.45. The summed E-state index contributed by atoms with van der Waals surface area (Å²) in [6.07, 6.45) is 4.67. The summed E-state index contributed by atoms with van der Waals surface area (Å²) in [5.74, 6) is 0. The summed E-state index contributed by atoms with van der Waals surface area (Å²) in [7, 11) is 0. The summed E-state index contributed by atoms with van der Waals surface area (Å²) in [6.45, 7) is 2.22. The molecule has 0 saturated carbocycles. The highest BCUT2D eigenvalue weighted by molar-refractivity contribution is 5.06. The van der Waals surface area contributed by atoms with Crippen LogP contribution in [0.2, 0.25) is 0 Å². The van der Waals surface area contributed by atoms with Gasteiger partial charge in [0.15, 0.2) is 0 Å². The van der Waals surface area contributed by atoms with E-state index in [1.807, 2.05) is 0 Å². The summed E-state index contributed by atoms with van der Waals surface area (Å²) < 4.78 is 12.0. The van der Waals surface area contributed by atoms with Crippen LogP contribution in [0.1, 0.15) is 26.2 Å². The Hall–Kier alpha value is -0.410. The Bertz CT molecular complexity index is 126. The zero-order valence-corrected chi connectivity index (χ0v) is 7.72. The molecule has 0 aromatic rings. The molecule has 0 rings (SSSR count). The number of alkyl halides is 1. The van der Waals surface area contributed by atoms with Gasteiger partial charge in [-0.1, -0.05) is 25.0 Å². The predicted molar refractivity (Wildman–Crippen MR) is 50.6 cm³/mol. The SMILES string of the molecule is CCC/C(=C\C(N)CF)CCN. The van der Waals surface area contributed by atoms with E-state index in [2.05, 4.69) is 6.92 Å². The molecule has 0 heterocycles. The summed E-state index contributed by atoms with van der Waals surface area (Å²) in [4.78, 5) is 0. The average Bonchev–Trinajstić information content (AvgIpc) is 2.05. The molecule has 0 fully saturated rings. The van der Waals surface area contributed by atoms with Gasteiger partial charge in [0, 0.05) is 0 Å². The van der Waals surface area contributed by atoms with Gasteiger partial charge in [-0.3, -0.25) is 0 Å². The van der Waals surface area contributed by atoms with Crippen LogP contribution in [-0.2, 0) is 0 Å². The summed E-state index contributed by atoms with van der Waals surface area (Å²) in [5.41, 5.74) is 12.0. The molecule has 0 aliphatic heterocycles. The van der Waals surface area contributed by atoms with Gasteiger partial charge in [0.1, 0.15) is 6.67 Å². The van der Waals surface area contributed by atoms with Gasteiger partial charge < -0.3 is 11.5 Å². The molecule has 0 spiro atoms. The highest BCUT2D eigenvalue weighted by Crippen LogP contribution is 2.09. The van der Waals surface area contributed by atoms with Crippen LogP contribution in [0, 0.1) is 0 Å². The third-order valence-corrected chi connectivity index (χ3v) is 1.66. The topological polar surface area (TPSA) is 52.0 Å². The Balaban J connectivity index is 3.96. The Morgan fingerprint density at radius 2 is 2.17 bits per heavy atom. The van der Waals surface area contributed by atoms with Crippen LogP contribution < -0.4 is 11.5 Å². The monoisotopic (exact) mass is 174 g/mol. The quantitative estimate of drug-likeness (QED) is 0.597. The van der Waals surface area contributed by atoms with Crippen molar-refractivity contribution in [2.24, 2.45) is 11.5 Å². The Kier molecular flexibility index (Phi) is 7.00. The van der Waals surface area contributed by atoms with Gasteiger partial charge in [0.2, 0.25) is 0 Å². The van der Waals surface area contributed by atoms with E-state index in [-0.39, 0.29) is 0 Å². The average molecular weight is 174 g/mol. The first-order chi connectivity index (χ1) is 5.74. The predicted octanol–water partition coefficient (Wildman–Crippen LogP) is 1.36. The molecule has 0 aliphatic rings. The number of hydrogen-bond donors (Lipinski definition) is 2. The zero-order valence-electron chi connectivity index (χ0n) is 7.72. The molecule has 0 bridgehead atoms. The molecule has 4 N–H and O–H groups in total. The van der Waals surface area contributed by atoms with Crippen molar-refractivity contribution in [1.82, 2.24) is 0 Å². The van der Waals surface area contributed by atoms with Crippen molar-refractivity contribution < 1.29 is 4.39 Å². The van der Waals surface area contributed by atoms with E-state index < -0.39 is 12.7 Å². The lowest BCUT2D eigenvalue weighted by Gasteiger charge is -2.07. The minimum atomic E-state index is -0.488. The summed E-state index contributed by atoms with van der Waals surface area (Å²) in [5, 5.41) is 0. The summed E-state index contributed by atoms with van der Waals surface area (Å²) >= 11 is 0. The van der Waals surface area contributed by atoms with E-state index in [1.165, 1.54) is 5.57 Å². The maximum atomic E-state index is 12.0. The van der Waals surface area contributed by atoms with Gasteiger partial charge in [-0.25, -0.2) is 4.39 Å². The minimum Gasteiger partial charge on any atom is -0.330 e. The fourth-order valence-corrected chi connectivity index (χ4v) is 1.15. The van der Waals surface area contributed by atoms with Crippen LogP contribution in [-0.4, -0.2) is 19.3 Å². The molecule has 0 aliphatic carbocycles. The third kappa shape index (κ3) is 5.27. The highest BCUT2D eigenvalue weighted by Gasteiger charge is 2.00. The van der Waals surface area contributed by atoms with Gasteiger partial charge in [-0.2, -0.15) is 0 Å². The van der Waals surface area contributed by atoms with Crippen molar-refractivity contribution in [3.63, 3.8) is 0 Å². The summed E-state index contributed by atoms with van der Waals surface area (Å²) in [6, 6.07) is -0.446. The van der Waals surface area contributed by atoms with Crippen LogP contribution in [0.25, 0.3) is 0 Å². The molecular formula is C9H19FN2. The lowest BCUT2D eigenvalue weighted by molar-refractivity contribution is 0.463. The molecule has 0 aromatic carbocycles. The number of nitrogens with two attached hydrogens (primary N) is 2. The first kappa shape index (κ1) is 11.6. The Labute approximate surface area is 73.8 Å². The normalized spacial score (nSPS) is 14.8. The van der Waals surface area contributed by atoms with Crippen molar-refractivity contribution >= 4 is 0 Å². The molecule has 0 aromatic heterocycles. The molecule has 12 heavy (non-hydrogen) atoms. The highest BCUT2D eigenvalue weighted by atomic mass is 19.1. The van der Waals surface area contributed by atoms with Crippen molar-refractivity contribution in [3.05, 3.63) is 11.6 Å². The smallest absolute Gasteiger partial charge is 0.108 e. The van der Waals surface area contributed by atoms with E-state index in [4.69, 9.17) is 11.5 Å². The van der Waals surface area contributed by atoms with Gasteiger partial charge in [-0.05, 0) is 19.4 Å².